The summed E-state index contributed by atoms with van der Waals surface area (Å²) in [6.07, 6.45) is 1.97. The van der Waals surface area contributed by atoms with Crippen LogP contribution in [0, 0.1) is 0 Å². The molecule has 0 unspecified atom stereocenters. The maximum Gasteiger partial charge on any atom is 0.346 e. The van der Waals surface area contributed by atoms with Crippen molar-refractivity contribution in [1.29, 1.82) is 0 Å². The number of aromatic amines is 1. The fraction of sp³-hybridized carbons (Fsp3) is 0.375. The zero-order valence-electron chi connectivity index (χ0n) is 19.0. The predicted molar refractivity (Wildman–Crippen MR) is 124 cm³/mol. The molecular formula is C24H29N7O. The van der Waals surface area contributed by atoms with Crippen LogP contribution < -0.4 is 5.69 Å². The molecule has 166 valence electrons. The molecule has 0 aliphatic rings. The number of nitrogens with zero attached hydrogens (tertiary/aromatic N) is 6. The Hall–Kier alpha value is -3.55. The number of rotatable bonds is 7. The molecule has 0 spiro atoms. The van der Waals surface area contributed by atoms with Crippen LogP contribution in [0.1, 0.15) is 51.9 Å². The Morgan fingerprint density at radius 2 is 1.75 bits per heavy atom. The largest absolute Gasteiger partial charge is 0.346 e. The molecule has 8 nitrogen and oxygen atoms in total. The molecule has 0 radical (unpaired) electrons. The van der Waals surface area contributed by atoms with E-state index in [2.05, 4.69) is 83.7 Å². The summed E-state index contributed by atoms with van der Waals surface area (Å²) in [4.78, 5) is 13.0. The second-order valence-corrected chi connectivity index (χ2v) is 9.03. The summed E-state index contributed by atoms with van der Waals surface area (Å²) >= 11 is 0. The van der Waals surface area contributed by atoms with Crippen LogP contribution in [0.2, 0.25) is 0 Å². The summed E-state index contributed by atoms with van der Waals surface area (Å²) in [7, 11) is 0. The van der Waals surface area contributed by atoms with Crippen molar-refractivity contribution < 1.29 is 0 Å². The van der Waals surface area contributed by atoms with Gasteiger partial charge in [0.1, 0.15) is 5.82 Å². The van der Waals surface area contributed by atoms with Gasteiger partial charge in [-0.1, -0.05) is 76.6 Å². The number of tetrazole rings is 1. The van der Waals surface area contributed by atoms with Crippen LogP contribution in [0.5, 0.6) is 0 Å². The molecule has 2 heterocycles. The summed E-state index contributed by atoms with van der Waals surface area (Å²) in [5, 5.41) is 18.9. The summed E-state index contributed by atoms with van der Waals surface area (Å²) in [5.41, 5.74) is 3.86. The monoisotopic (exact) mass is 431 g/mol. The number of aromatic nitrogens is 7. The van der Waals surface area contributed by atoms with Gasteiger partial charge in [0.2, 0.25) is 5.82 Å². The number of H-pyrrole nitrogens is 1. The Morgan fingerprint density at radius 3 is 2.41 bits per heavy atom. The molecule has 4 aromatic rings. The van der Waals surface area contributed by atoms with Gasteiger partial charge in [0.25, 0.3) is 0 Å². The van der Waals surface area contributed by atoms with Crippen molar-refractivity contribution in [3.05, 3.63) is 70.4 Å². The summed E-state index contributed by atoms with van der Waals surface area (Å²) in [5.74, 6) is 1.38. The number of benzene rings is 2. The first-order chi connectivity index (χ1) is 15.4. The Kier molecular flexibility index (Phi) is 6.03. The van der Waals surface area contributed by atoms with Crippen molar-refractivity contribution in [3.63, 3.8) is 0 Å². The third-order valence-corrected chi connectivity index (χ3v) is 5.41. The minimum Gasteiger partial charge on any atom is -0.274 e. The first kappa shape index (κ1) is 21.7. The van der Waals surface area contributed by atoms with Gasteiger partial charge >= 0.3 is 5.69 Å². The van der Waals surface area contributed by atoms with Crippen LogP contribution >= 0.6 is 0 Å². The molecular weight excluding hydrogens is 402 g/mol. The molecule has 0 saturated heterocycles. The molecule has 0 saturated carbocycles. The highest BCUT2D eigenvalue weighted by Crippen LogP contribution is 2.25. The molecule has 0 aliphatic heterocycles. The summed E-state index contributed by atoms with van der Waals surface area (Å²) < 4.78 is 3.42. The van der Waals surface area contributed by atoms with Crippen molar-refractivity contribution in [3.8, 4) is 22.5 Å². The third kappa shape index (κ3) is 4.54. The molecule has 4 rings (SSSR count). The van der Waals surface area contributed by atoms with Gasteiger partial charge in [-0.2, -0.15) is 10.3 Å². The lowest BCUT2D eigenvalue weighted by Gasteiger charge is -2.18. The van der Waals surface area contributed by atoms with E-state index >= 15 is 0 Å². The van der Waals surface area contributed by atoms with E-state index < -0.39 is 0 Å². The Balaban J connectivity index is 1.60. The normalized spacial score (nSPS) is 11.8. The minimum absolute atomic E-state index is 0.0414. The van der Waals surface area contributed by atoms with Gasteiger partial charge in [-0.05, 0) is 34.4 Å². The van der Waals surface area contributed by atoms with Crippen molar-refractivity contribution in [2.75, 3.05) is 0 Å². The van der Waals surface area contributed by atoms with Crippen LogP contribution in [0.15, 0.2) is 53.3 Å². The van der Waals surface area contributed by atoms with Crippen LogP contribution in [0.25, 0.3) is 22.5 Å². The van der Waals surface area contributed by atoms with Crippen molar-refractivity contribution >= 4 is 0 Å². The maximum absolute atomic E-state index is 13.0. The number of hydrogen-bond acceptors (Lipinski definition) is 5. The van der Waals surface area contributed by atoms with Gasteiger partial charge in [-0.25, -0.2) is 9.48 Å². The van der Waals surface area contributed by atoms with E-state index in [-0.39, 0.29) is 11.1 Å². The van der Waals surface area contributed by atoms with Crippen molar-refractivity contribution in [1.82, 2.24) is 35.0 Å². The number of nitrogens with one attached hydrogen (secondary N) is 1. The molecule has 0 atom stereocenters. The minimum atomic E-state index is -0.216. The second kappa shape index (κ2) is 8.90. The van der Waals surface area contributed by atoms with E-state index in [4.69, 9.17) is 0 Å². The lowest BCUT2D eigenvalue weighted by Crippen LogP contribution is -2.28. The third-order valence-electron chi connectivity index (χ3n) is 5.41. The molecule has 32 heavy (non-hydrogen) atoms. The molecule has 1 N–H and O–H groups in total. The SMILES string of the molecule is CCCCn1nc(C(C)(C)C)n(Cc2ccc(-c3cccc(-c4nn[nH]n4)c3)cc2)c1=O. The predicted octanol–water partition coefficient (Wildman–Crippen LogP) is 4.04. The molecule has 8 heteroatoms. The second-order valence-electron chi connectivity index (χ2n) is 9.03. The number of aryl methyl sites for hydroxylation is 1. The lowest BCUT2D eigenvalue weighted by molar-refractivity contribution is 0.497. The molecule has 0 amide bonds. The number of hydrogen-bond donors (Lipinski definition) is 1. The standard InChI is InChI=1S/C24H29N7O/c1-5-6-14-31-23(32)30(22(27-31)24(2,3)4)16-17-10-12-18(13-11-17)19-8-7-9-20(15-19)21-25-28-29-26-21/h7-13,15H,5-6,14,16H2,1-4H3,(H,25,26,28,29). The fourth-order valence-electron chi connectivity index (χ4n) is 3.70. The Morgan fingerprint density at radius 1 is 1.00 bits per heavy atom. The molecule has 0 fully saturated rings. The van der Waals surface area contributed by atoms with Gasteiger partial charge in [-0.15, -0.1) is 10.2 Å². The van der Waals surface area contributed by atoms with Gasteiger partial charge in [-0.3, -0.25) is 4.57 Å². The molecule has 0 aliphatic carbocycles. The first-order valence-corrected chi connectivity index (χ1v) is 11.0. The van der Waals surface area contributed by atoms with Crippen LogP contribution in [0.4, 0.5) is 0 Å². The van der Waals surface area contributed by atoms with Crippen molar-refractivity contribution in [2.45, 2.75) is 59.0 Å². The van der Waals surface area contributed by atoms with E-state index in [1.165, 1.54) is 0 Å². The first-order valence-electron chi connectivity index (χ1n) is 11.0. The lowest BCUT2D eigenvalue weighted by atomic mass is 9.95. The van der Waals surface area contributed by atoms with Gasteiger partial charge < -0.3 is 0 Å². The highest BCUT2D eigenvalue weighted by atomic mass is 16.2. The molecule has 2 aromatic heterocycles. The van der Waals surface area contributed by atoms with Gasteiger partial charge in [0.15, 0.2) is 0 Å². The topological polar surface area (TPSA) is 94.3 Å². The van der Waals surface area contributed by atoms with Crippen LogP contribution in [0.3, 0.4) is 0 Å². The van der Waals surface area contributed by atoms with Crippen molar-refractivity contribution in [2.24, 2.45) is 0 Å². The fourth-order valence-corrected chi connectivity index (χ4v) is 3.70. The van der Waals surface area contributed by atoms with E-state index in [1.807, 2.05) is 22.8 Å². The highest BCUT2D eigenvalue weighted by molar-refractivity contribution is 5.70. The molecule has 2 aromatic carbocycles. The average Bonchev–Trinajstić information content (AvgIpc) is 3.42. The van der Waals surface area contributed by atoms with E-state index in [9.17, 15) is 4.79 Å². The van der Waals surface area contributed by atoms with E-state index in [1.54, 1.807) is 4.68 Å². The Labute approximate surface area is 187 Å². The zero-order valence-corrected chi connectivity index (χ0v) is 19.0. The average molecular weight is 432 g/mol. The van der Waals surface area contributed by atoms with Crippen LogP contribution in [-0.4, -0.2) is 35.0 Å². The van der Waals surface area contributed by atoms with E-state index in [0.29, 0.717) is 18.9 Å². The quantitative estimate of drug-likeness (QED) is 0.477. The van der Waals surface area contributed by atoms with Crippen LogP contribution in [-0.2, 0) is 18.5 Å². The maximum atomic E-state index is 13.0. The molecule has 0 bridgehead atoms. The van der Waals surface area contributed by atoms with Gasteiger partial charge in [0.05, 0.1) is 6.54 Å². The van der Waals surface area contributed by atoms with E-state index in [0.717, 1.165) is 40.9 Å². The summed E-state index contributed by atoms with van der Waals surface area (Å²) in [6, 6.07) is 16.3. The Bertz CT molecular complexity index is 1230. The zero-order chi connectivity index (χ0) is 22.7. The number of unbranched alkanes of at least 4 members (excludes halogenated alkanes) is 1. The summed E-state index contributed by atoms with van der Waals surface area (Å²) in [6.45, 7) is 9.55. The van der Waals surface area contributed by atoms with Gasteiger partial charge in [0, 0.05) is 17.5 Å². The smallest absolute Gasteiger partial charge is 0.274 e. The highest BCUT2D eigenvalue weighted by Gasteiger charge is 2.24.